The summed E-state index contributed by atoms with van der Waals surface area (Å²) in [6.07, 6.45) is 0.906. The number of nitrogens with one attached hydrogen (secondary N) is 1. The Labute approximate surface area is 138 Å². The fraction of sp³-hybridized carbons (Fsp3) is 0.471. The molecule has 4 nitrogen and oxygen atoms in total. The summed E-state index contributed by atoms with van der Waals surface area (Å²) in [6.45, 7) is -0.209. The number of hydrogen-bond donors (Lipinski definition) is 2. The molecule has 24 heavy (non-hydrogen) atoms. The number of halogens is 3. The van der Waals surface area contributed by atoms with Crippen molar-refractivity contribution in [3.63, 3.8) is 0 Å². The van der Waals surface area contributed by atoms with Crippen molar-refractivity contribution in [1.29, 1.82) is 0 Å². The van der Waals surface area contributed by atoms with Crippen LogP contribution in [0.25, 0.3) is 0 Å². The Morgan fingerprint density at radius 3 is 2.88 bits per heavy atom. The van der Waals surface area contributed by atoms with E-state index in [1.54, 1.807) is 0 Å². The number of rotatable bonds is 7. The Morgan fingerprint density at radius 2 is 2.21 bits per heavy atom. The highest BCUT2D eigenvalue weighted by molar-refractivity contribution is 5.76. The minimum Gasteiger partial charge on any atom is -0.491 e. The predicted octanol–water partition coefficient (Wildman–Crippen LogP) is 2.92. The van der Waals surface area contributed by atoms with Crippen LogP contribution in [0.5, 0.6) is 5.75 Å². The van der Waals surface area contributed by atoms with Gasteiger partial charge in [-0.15, -0.1) is 0 Å². The van der Waals surface area contributed by atoms with Crippen LogP contribution in [0.4, 0.5) is 13.2 Å². The van der Waals surface area contributed by atoms with Crippen LogP contribution in [0.1, 0.15) is 24.8 Å². The van der Waals surface area contributed by atoms with Gasteiger partial charge in [0.1, 0.15) is 18.5 Å². The van der Waals surface area contributed by atoms with E-state index in [0.717, 1.165) is 25.0 Å². The highest BCUT2D eigenvalue weighted by atomic mass is 19.4. The molecule has 1 aliphatic carbocycles. The number of amides is 1. The number of carbonyl (C=O) groups excluding carboxylic acids is 1. The summed E-state index contributed by atoms with van der Waals surface area (Å²) < 4.78 is 42.9. The lowest BCUT2D eigenvalue weighted by molar-refractivity contribution is -0.137. The molecule has 1 aromatic rings. The molecule has 0 aromatic heterocycles. The lowest BCUT2D eigenvalue weighted by Crippen LogP contribution is -2.35. The predicted molar refractivity (Wildman–Crippen MR) is 82.4 cm³/mol. The van der Waals surface area contributed by atoms with Crippen molar-refractivity contribution in [2.45, 2.75) is 31.5 Å². The van der Waals surface area contributed by atoms with Gasteiger partial charge in [0.15, 0.2) is 0 Å². The Balaban J connectivity index is 1.72. The third kappa shape index (κ3) is 5.88. The van der Waals surface area contributed by atoms with Gasteiger partial charge >= 0.3 is 6.18 Å². The van der Waals surface area contributed by atoms with Gasteiger partial charge in [0.25, 0.3) is 0 Å². The van der Waals surface area contributed by atoms with Gasteiger partial charge in [-0.25, -0.2) is 0 Å². The molecule has 0 saturated carbocycles. The smallest absolute Gasteiger partial charge is 0.416 e. The van der Waals surface area contributed by atoms with E-state index < -0.39 is 17.8 Å². The number of aliphatic hydroxyl groups excluding tert-OH is 1. The normalized spacial score (nSPS) is 18.4. The maximum absolute atomic E-state index is 12.6. The third-order valence-corrected chi connectivity index (χ3v) is 3.70. The molecule has 1 amide bonds. The molecule has 0 radical (unpaired) electrons. The molecule has 0 spiro atoms. The fourth-order valence-corrected chi connectivity index (χ4v) is 2.42. The molecular formula is C17H20F3NO3. The van der Waals surface area contributed by atoms with Crippen molar-refractivity contribution in [3.05, 3.63) is 42.0 Å². The first-order valence-corrected chi connectivity index (χ1v) is 7.76. The van der Waals surface area contributed by atoms with E-state index in [4.69, 9.17) is 4.74 Å². The van der Waals surface area contributed by atoms with E-state index >= 15 is 0 Å². The number of alkyl halides is 3. The lowest BCUT2D eigenvalue weighted by atomic mass is 10.1. The second-order valence-corrected chi connectivity index (χ2v) is 5.76. The van der Waals surface area contributed by atoms with E-state index in [1.165, 1.54) is 12.1 Å². The van der Waals surface area contributed by atoms with Crippen LogP contribution in [0.15, 0.2) is 36.4 Å². The third-order valence-electron chi connectivity index (χ3n) is 3.70. The topological polar surface area (TPSA) is 58.6 Å². The standard InChI is InChI=1S/C17H20F3NO3/c18-17(19,20)13-6-3-7-15(9-13)24-11-14(22)10-21-16(23)8-12-4-1-2-5-12/h1,3-4,6-7,9,12,14,22H,2,5,8,10-11H2,(H,21,23)/t12-,14+/m1/s1. The summed E-state index contributed by atoms with van der Waals surface area (Å²) in [6, 6.07) is 4.44. The van der Waals surface area contributed by atoms with Crippen LogP contribution in [0, 0.1) is 5.92 Å². The quantitative estimate of drug-likeness (QED) is 0.749. The van der Waals surface area contributed by atoms with Crippen LogP contribution in [0.2, 0.25) is 0 Å². The van der Waals surface area contributed by atoms with Crippen molar-refractivity contribution in [2.75, 3.05) is 13.2 Å². The van der Waals surface area contributed by atoms with Gasteiger partial charge < -0.3 is 15.2 Å². The molecule has 0 saturated heterocycles. The van der Waals surface area contributed by atoms with Crippen molar-refractivity contribution in [1.82, 2.24) is 5.32 Å². The highest BCUT2D eigenvalue weighted by Crippen LogP contribution is 2.31. The number of hydrogen-bond acceptors (Lipinski definition) is 3. The zero-order valence-corrected chi connectivity index (χ0v) is 13.1. The van der Waals surface area contributed by atoms with Crippen LogP contribution >= 0.6 is 0 Å². The molecule has 0 fully saturated rings. The van der Waals surface area contributed by atoms with Gasteiger partial charge in [0.2, 0.25) is 5.91 Å². The second-order valence-electron chi connectivity index (χ2n) is 5.76. The van der Waals surface area contributed by atoms with Crippen LogP contribution < -0.4 is 10.1 Å². The minimum absolute atomic E-state index is 0.00573. The SMILES string of the molecule is O=C(C[C@@H]1C=CCC1)NC[C@H](O)COc1cccc(C(F)(F)F)c1. The first-order chi connectivity index (χ1) is 11.3. The van der Waals surface area contributed by atoms with Crippen LogP contribution in [-0.4, -0.2) is 30.3 Å². The average molecular weight is 343 g/mol. The summed E-state index contributed by atoms with van der Waals surface area (Å²) in [5.74, 6) is 0.0967. The molecule has 2 atom stereocenters. The van der Waals surface area contributed by atoms with Gasteiger partial charge in [-0.1, -0.05) is 18.2 Å². The van der Waals surface area contributed by atoms with E-state index in [1.807, 2.05) is 12.2 Å². The van der Waals surface area contributed by atoms with Gasteiger partial charge in [-0.3, -0.25) is 4.79 Å². The molecule has 1 aliphatic rings. The van der Waals surface area contributed by atoms with Crippen molar-refractivity contribution in [2.24, 2.45) is 5.92 Å². The summed E-state index contributed by atoms with van der Waals surface area (Å²) in [5.41, 5.74) is -0.813. The van der Waals surface area contributed by atoms with E-state index in [2.05, 4.69) is 5.32 Å². The van der Waals surface area contributed by atoms with Crippen molar-refractivity contribution in [3.8, 4) is 5.75 Å². The Morgan fingerprint density at radius 1 is 1.42 bits per heavy atom. The van der Waals surface area contributed by atoms with Crippen molar-refractivity contribution >= 4 is 5.91 Å². The largest absolute Gasteiger partial charge is 0.491 e. The zero-order valence-electron chi connectivity index (χ0n) is 13.1. The summed E-state index contributed by atoms with van der Waals surface area (Å²) in [4.78, 5) is 11.7. The molecule has 132 valence electrons. The Hall–Kier alpha value is -2.02. The van der Waals surface area contributed by atoms with E-state index in [-0.39, 0.29) is 30.7 Å². The summed E-state index contributed by atoms with van der Waals surface area (Å²) in [7, 11) is 0. The van der Waals surface area contributed by atoms with E-state index in [9.17, 15) is 23.1 Å². The minimum atomic E-state index is -4.44. The monoisotopic (exact) mass is 343 g/mol. The number of allylic oxidation sites excluding steroid dienone is 2. The first kappa shape index (κ1) is 18.3. The number of aliphatic hydroxyl groups is 1. The molecule has 2 N–H and O–H groups in total. The highest BCUT2D eigenvalue weighted by Gasteiger charge is 2.30. The molecule has 1 aromatic carbocycles. The van der Waals surface area contributed by atoms with Gasteiger partial charge in [0.05, 0.1) is 5.56 Å². The van der Waals surface area contributed by atoms with Crippen molar-refractivity contribution < 1.29 is 27.8 Å². The zero-order chi connectivity index (χ0) is 17.6. The lowest BCUT2D eigenvalue weighted by Gasteiger charge is -2.15. The molecule has 0 aliphatic heterocycles. The number of benzene rings is 1. The molecule has 0 heterocycles. The summed E-state index contributed by atoms with van der Waals surface area (Å²) in [5, 5.41) is 12.4. The van der Waals surface area contributed by atoms with Crippen LogP contribution in [0.3, 0.4) is 0 Å². The number of carbonyl (C=O) groups is 1. The fourth-order valence-electron chi connectivity index (χ4n) is 2.42. The Kier molecular flexibility index (Phi) is 6.25. The number of ether oxygens (including phenoxy) is 1. The maximum atomic E-state index is 12.6. The van der Waals surface area contributed by atoms with Crippen LogP contribution in [-0.2, 0) is 11.0 Å². The van der Waals surface area contributed by atoms with Gasteiger partial charge in [-0.2, -0.15) is 13.2 Å². The van der Waals surface area contributed by atoms with Gasteiger partial charge in [0, 0.05) is 13.0 Å². The Bertz CT molecular complexity index is 587. The molecule has 2 rings (SSSR count). The molecule has 7 heteroatoms. The molecule has 0 unspecified atom stereocenters. The van der Waals surface area contributed by atoms with Gasteiger partial charge in [-0.05, 0) is 37.0 Å². The maximum Gasteiger partial charge on any atom is 0.416 e. The van der Waals surface area contributed by atoms with E-state index in [0.29, 0.717) is 6.42 Å². The summed E-state index contributed by atoms with van der Waals surface area (Å²) >= 11 is 0. The molecular weight excluding hydrogens is 323 g/mol. The second kappa shape index (κ2) is 8.19. The first-order valence-electron chi connectivity index (χ1n) is 7.76. The molecule has 0 bridgehead atoms. The average Bonchev–Trinajstić information content (AvgIpc) is 3.03.